The van der Waals surface area contributed by atoms with Crippen molar-refractivity contribution in [3.63, 3.8) is 0 Å². The number of aromatic nitrogens is 2. The van der Waals surface area contributed by atoms with E-state index in [2.05, 4.69) is 30.6 Å². The minimum absolute atomic E-state index is 0.141. The minimum atomic E-state index is -0.529. The van der Waals surface area contributed by atoms with Crippen molar-refractivity contribution in [3.8, 4) is 11.6 Å². The Kier molecular flexibility index (Phi) is 4.11. The van der Waals surface area contributed by atoms with Crippen LogP contribution in [0.4, 0.5) is 0 Å². The van der Waals surface area contributed by atoms with Gasteiger partial charge in [0.25, 0.3) is 0 Å². The van der Waals surface area contributed by atoms with Gasteiger partial charge in [0, 0.05) is 4.47 Å². The van der Waals surface area contributed by atoms with Crippen LogP contribution in [0.25, 0.3) is 0 Å². The maximum Gasteiger partial charge on any atom is 0.358 e. The number of esters is 1. The molecule has 98 valence electrons. The first-order valence-electron chi connectivity index (χ1n) is 5.44. The van der Waals surface area contributed by atoms with Crippen LogP contribution < -0.4 is 4.74 Å². The third-order valence-electron chi connectivity index (χ3n) is 2.37. The fourth-order valence-electron chi connectivity index (χ4n) is 1.38. The Balaban J connectivity index is 2.15. The van der Waals surface area contributed by atoms with E-state index in [0.29, 0.717) is 11.6 Å². The number of aryl methyl sites for hydroxylation is 1. The monoisotopic (exact) mass is 322 g/mol. The Bertz CT molecular complexity index is 599. The normalized spacial score (nSPS) is 10.1. The molecule has 0 unspecified atom stereocenters. The van der Waals surface area contributed by atoms with Gasteiger partial charge in [-0.2, -0.15) is 0 Å². The maximum absolute atomic E-state index is 11.2. The Morgan fingerprint density at radius 2 is 2.05 bits per heavy atom. The van der Waals surface area contributed by atoms with E-state index in [1.807, 2.05) is 25.1 Å². The van der Waals surface area contributed by atoms with E-state index in [1.165, 1.54) is 19.5 Å². The van der Waals surface area contributed by atoms with Crippen LogP contribution in [0.1, 0.15) is 16.1 Å². The fraction of sp³-hybridized carbons (Fsp3) is 0.154. The predicted molar refractivity (Wildman–Crippen MR) is 72.3 cm³/mol. The molecule has 6 heteroatoms. The SMILES string of the molecule is COC(=O)c1cnc(Oc2ccc(Br)c(C)c2)cn1. The summed E-state index contributed by atoms with van der Waals surface area (Å²) in [5.41, 5.74) is 1.19. The molecule has 1 heterocycles. The standard InChI is InChI=1S/C13H11BrN2O3/c1-8-5-9(3-4-10(8)14)19-12-7-15-11(6-16-12)13(17)18-2/h3-7H,1-2H3. The zero-order chi connectivity index (χ0) is 13.8. The number of hydrogen-bond donors (Lipinski definition) is 0. The molecule has 1 aromatic carbocycles. The highest BCUT2D eigenvalue weighted by Crippen LogP contribution is 2.24. The Morgan fingerprint density at radius 3 is 2.63 bits per heavy atom. The summed E-state index contributed by atoms with van der Waals surface area (Å²) >= 11 is 3.41. The number of nitrogens with zero attached hydrogens (tertiary/aromatic N) is 2. The molecule has 2 rings (SSSR count). The number of ether oxygens (including phenoxy) is 2. The van der Waals surface area contributed by atoms with Crippen LogP contribution in [0.3, 0.4) is 0 Å². The highest BCUT2D eigenvalue weighted by Gasteiger charge is 2.08. The molecule has 19 heavy (non-hydrogen) atoms. The molecule has 0 aliphatic carbocycles. The lowest BCUT2D eigenvalue weighted by molar-refractivity contribution is 0.0593. The third-order valence-corrected chi connectivity index (χ3v) is 3.26. The minimum Gasteiger partial charge on any atom is -0.464 e. The second kappa shape index (κ2) is 5.79. The van der Waals surface area contributed by atoms with E-state index < -0.39 is 5.97 Å². The lowest BCUT2D eigenvalue weighted by Crippen LogP contribution is -2.04. The molecule has 0 aliphatic heterocycles. The van der Waals surface area contributed by atoms with Crippen LogP contribution in [0.15, 0.2) is 35.1 Å². The van der Waals surface area contributed by atoms with Gasteiger partial charge in [-0.3, -0.25) is 0 Å². The van der Waals surface area contributed by atoms with E-state index in [9.17, 15) is 4.79 Å². The number of hydrogen-bond acceptors (Lipinski definition) is 5. The Labute approximate surface area is 118 Å². The molecule has 0 saturated carbocycles. The molecule has 0 amide bonds. The highest BCUT2D eigenvalue weighted by molar-refractivity contribution is 9.10. The molecule has 0 saturated heterocycles. The average molecular weight is 323 g/mol. The van der Waals surface area contributed by atoms with Crippen LogP contribution >= 0.6 is 15.9 Å². The predicted octanol–water partition coefficient (Wildman–Crippen LogP) is 3.13. The van der Waals surface area contributed by atoms with Gasteiger partial charge in [-0.25, -0.2) is 14.8 Å². The summed E-state index contributed by atoms with van der Waals surface area (Å²) in [7, 11) is 1.29. The zero-order valence-corrected chi connectivity index (χ0v) is 12.0. The molecule has 0 atom stereocenters. The molecule has 0 aliphatic rings. The zero-order valence-electron chi connectivity index (χ0n) is 10.4. The highest BCUT2D eigenvalue weighted by atomic mass is 79.9. The molecule has 0 radical (unpaired) electrons. The number of carbonyl (C=O) groups is 1. The van der Waals surface area contributed by atoms with Crippen molar-refractivity contribution < 1.29 is 14.3 Å². The lowest BCUT2D eigenvalue weighted by atomic mass is 10.2. The van der Waals surface area contributed by atoms with Crippen molar-refractivity contribution in [1.29, 1.82) is 0 Å². The molecular weight excluding hydrogens is 312 g/mol. The second-order valence-electron chi connectivity index (χ2n) is 3.74. The van der Waals surface area contributed by atoms with Gasteiger partial charge in [0.15, 0.2) is 5.69 Å². The van der Waals surface area contributed by atoms with Gasteiger partial charge in [-0.15, -0.1) is 0 Å². The molecular formula is C13H11BrN2O3. The summed E-state index contributed by atoms with van der Waals surface area (Å²) in [6.45, 7) is 1.96. The van der Waals surface area contributed by atoms with Crippen LogP contribution in [0, 0.1) is 6.92 Å². The molecule has 0 N–H and O–H groups in total. The van der Waals surface area contributed by atoms with Crippen LogP contribution in [-0.4, -0.2) is 23.0 Å². The number of halogens is 1. The molecule has 5 nitrogen and oxygen atoms in total. The number of carbonyl (C=O) groups excluding carboxylic acids is 1. The van der Waals surface area contributed by atoms with Gasteiger partial charge in [-0.1, -0.05) is 15.9 Å². The van der Waals surface area contributed by atoms with Crippen LogP contribution in [-0.2, 0) is 4.74 Å². The van der Waals surface area contributed by atoms with Gasteiger partial charge < -0.3 is 9.47 Å². The van der Waals surface area contributed by atoms with E-state index >= 15 is 0 Å². The quantitative estimate of drug-likeness (QED) is 0.812. The van der Waals surface area contributed by atoms with Crippen molar-refractivity contribution in [2.24, 2.45) is 0 Å². The molecule has 1 aromatic heterocycles. The summed E-state index contributed by atoms with van der Waals surface area (Å²) in [5, 5.41) is 0. The van der Waals surface area contributed by atoms with Crippen molar-refractivity contribution in [2.75, 3.05) is 7.11 Å². The van der Waals surface area contributed by atoms with E-state index in [1.54, 1.807) is 0 Å². The molecule has 0 spiro atoms. The smallest absolute Gasteiger partial charge is 0.358 e. The topological polar surface area (TPSA) is 61.3 Å². The first-order chi connectivity index (χ1) is 9.10. The summed E-state index contributed by atoms with van der Waals surface area (Å²) in [5.74, 6) is 0.439. The van der Waals surface area contributed by atoms with Gasteiger partial charge in [0.1, 0.15) is 5.75 Å². The Hall–Kier alpha value is -1.95. The molecule has 0 fully saturated rings. The van der Waals surface area contributed by atoms with Crippen molar-refractivity contribution in [1.82, 2.24) is 9.97 Å². The first-order valence-corrected chi connectivity index (χ1v) is 6.24. The van der Waals surface area contributed by atoms with Gasteiger partial charge >= 0.3 is 5.97 Å². The van der Waals surface area contributed by atoms with E-state index in [-0.39, 0.29) is 5.69 Å². The average Bonchev–Trinajstić information content (AvgIpc) is 2.43. The number of methoxy groups -OCH3 is 1. The largest absolute Gasteiger partial charge is 0.464 e. The van der Waals surface area contributed by atoms with Crippen LogP contribution in [0.2, 0.25) is 0 Å². The summed E-state index contributed by atoms with van der Waals surface area (Å²) in [4.78, 5) is 19.1. The van der Waals surface area contributed by atoms with Crippen molar-refractivity contribution in [2.45, 2.75) is 6.92 Å². The fourth-order valence-corrected chi connectivity index (χ4v) is 1.63. The van der Waals surface area contributed by atoms with E-state index in [4.69, 9.17) is 4.74 Å². The van der Waals surface area contributed by atoms with Crippen molar-refractivity contribution in [3.05, 3.63) is 46.3 Å². The first kappa shape index (κ1) is 13.5. The summed E-state index contributed by atoms with van der Waals surface area (Å²) < 4.78 is 11.1. The molecule has 2 aromatic rings. The third kappa shape index (κ3) is 3.29. The maximum atomic E-state index is 11.2. The summed E-state index contributed by atoms with van der Waals surface area (Å²) in [6, 6.07) is 5.58. The number of rotatable bonds is 3. The molecule has 0 bridgehead atoms. The van der Waals surface area contributed by atoms with Crippen LogP contribution in [0.5, 0.6) is 11.6 Å². The van der Waals surface area contributed by atoms with Gasteiger partial charge in [-0.05, 0) is 30.7 Å². The van der Waals surface area contributed by atoms with Gasteiger partial charge in [0.05, 0.1) is 19.5 Å². The van der Waals surface area contributed by atoms with E-state index in [0.717, 1.165) is 10.0 Å². The van der Waals surface area contributed by atoms with Crippen molar-refractivity contribution >= 4 is 21.9 Å². The van der Waals surface area contributed by atoms with Gasteiger partial charge in [0.2, 0.25) is 5.88 Å². The second-order valence-corrected chi connectivity index (χ2v) is 4.60. The Morgan fingerprint density at radius 1 is 1.26 bits per heavy atom. The number of benzene rings is 1. The summed E-state index contributed by atoms with van der Waals surface area (Å²) in [6.07, 6.45) is 2.69. The lowest BCUT2D eigenvalue weighted by Gasteiger charge is -2.06.